The zero-order valence-corrected chi connectivity index (χ0v) is 24.0. The van der Waals surface area contributed by atoms with Crippen molar-refractivity contribution in [1.82, 2.24) is 4.57 Å². The predicted octanol–water partition coefficient (Wildman–Crippen LogP) is 4.68. The number of hydrogen-bond donors (Lipinski definition) is 0. The third-order valence-corrected chi connectivity index (χ3v) is 7.65. The maximum atomic E-state index is 13.8. The van der Waals surface area contributed by atoms with Crippen LogP contribution >= 0.6 is 22.9 Å². The maximum Gasteiger partial charge on any atom is 0.343 e. The number of carbonyl (C=O) groups excluding carboxylic acids is 2. The Kier molecular flexibility index (Phi) is 8.19. The van der Waals surface area contributed by atoms with Gasteiger partial charge in [-0.05, 0) is 79.6 Å². The van der Waals surface area contributed by atoms with Crippen LogP contribution in [0.5, 0.6) is 11.5 Å². The SMILES string of the molecule is CCOC(=O)C1=C(C)N=c2s/c(=C/c3ccc(OC(=O)c4ccc(Cl)cc4)cc3)c(=O)n2[C@H]1c1ccc(OC)cc1. The molecule has 0 aliphatic carbocycles. The number of halogens is 1. The molecule has 8 nitrogen and oxygen atoms in total. The lowest BCUT2D eigenvalue weighted by Crippen LogP contribution is -2.39. The van der Waals surface area contributed by atoms with Crippen molar-refractivity contribution in [1.29, 1.82) is 0 Å². The molecule has 0 radical (unpaired) electrons. The van der Waals surface area contributed by atoms with E-state index in [9.17, 15) is 14.4 Å². The average molecular weight is 589 g/mol. The monoisotopic (exact) mass is 588 g/mol. The summed E-state index contributed by atoms with van der Waals surface area (Å²) in [6.45, 7) is 3.67. The molecule has 5 rings (SSSR count). The first kappa shape index (κ1) is 28.1. The number of esters is 2. The number of allylic oxidation sites excluding steroid dienone is 1. The van der Waals surface area contributed by atoms with Crippen LogP contribution in [0, 0.1) is 0 Å². The molecule has 1 aliphatic heterocycles. The van der Waals surface area contributed by atoms with Gasteiger partial charge >= 0.3 is 11.9 Å². The number of methoxy groups -OCH3 is 1. The lowest BCUT2D eigenvalue weighted by atomic mass is 9.96. The van der Waals surface area contributed by atoms with Gasteiger partial charge in [0.15, 0.2) is 4.80 Å². The van der Waals surface area contributed by atoms with Crippen LogP contribution in [0.2, 0.25) is 5.02 Å². The Bertz CT molecular complexity index is 1820. The van der Waals surface area contributed by atoms with Gasteiger partial charge in [0.05, 0.1) is 41.1 Å². The second-order valence-corrected chi connectivity index (χ2v) is 10.5. The van der Waals surface area contributed by atoms with E-state index in [-0.39, 0.29) is 12.2 Å². The zero-order chi connectivity index (χ0) is 29.1. The number of hydrogen-bond acceptors (Lipinski definition) is 8. The Balaban J connectivity index is 1.50. The van der Waals surface area contributed by atoms with Crippen LogP contribution in [-0.2, 0) is 9.53 Å². The molecule has 2 heterocycles. The van der Waals surface area contributed by atoms with E-state index in [1.807, 2.05) is 12.1 Å². The molecule has 208 valence electrons. The van der Waals surface area contributed by atoms with Crippen molar-refractivity contribution in [3.05, 3.63) is 125 Å². The summed E-state index contributed by atoms with van der Waals surface area (Å²) >= 11 is 7.11. The number of aromatic nitrogens is 1. The molecule has 1 atom stereocenters. The minimum atomic E-state index is -0.715. The highest BCUT2D eigenvalue weighted by Crippen LogP contribution is 2.31. The van der Waals surface area contributed by atoms with Crippen molar-refractivity contribution < 1.29 is 23.8 Å². The van der Waals surface area contributed by atoms with E-state index in [4.69, 9.17) is 25.8 Å². The van der Waals surface area contributed by atoms with Crippen molar-refractivity contribution >= 4 is 41.0 Å². The number of carbonyl (C=O) groups is 2. The molecule has 3 aromatic carbocycles. The summed E-state index contributed by atoms with van der Waals surface area (Å²) < 4.78 is 18.0. The summed E-state index contributed by atoms with van der Waals surface area (Å²) in [6.07, 6.45) is 1.74. The Morgan fingerprint density at radius 1 is 0.976 bits per heavy atom. The topological polar surface area (TPSA) is 96.2 Å². The molecule has 10 heteroatoms. The molecular formula is C31H25ClN2O6S. The normalized spacial score (nSPS) is 14.7. The maximum absolute atomic E-state index is 13.8. The average Bonchev–Trinajstić information content (AvgIpc) is 3.27. The summed E-state index contributed by atoms with van der Waals surface area (Å²) in [5.74, 6) is -0.0128. The number of ether oxygens (including phenoxy) is 3. The lowest BCUT2D eigenvalue weighted by molar-refractivity contribution is -0.139. The molecule has 0 fully saturated rings. The van der Waals surface area contributed by atoms with Crippen LogP contribution in [-0.4, -0.2) is 30.2 Å². The predicted molar refractivity (Wildman–Crippen MR) is 156 cm³/mol. The van der Waals surface area contributed by atoms with E-state index in [0.29, 0.717) is 42.7 Å². The smallest absolute Gasteiger partial charge is 0.343 e. The highest BCUT2D eigenvalue weighted by molar-refractivity contribution is 7.07. The molecule has 0 bridgehead atoms. The summed E-state index contributed by atoms with van der Waals surface area (Å²) in [4.78, 5) is 44.3. The van der Waals surface area contributed by atoms with E-state index < -0.39 is 18.0 Å². The highest BCUT2D eigenvalue weighted by atomic mass is 35.5. The minimum Gasteiger partial charge on any atom is -0.497 e. The van der Waals surface area contributed by atoms with Gasteiger partial charge in [-0.2, -0.15) is 0 Å². The molecule has 0 saturated heterocycles. The molecule has 1 aliphatic rings. The molecular weight excluding hydrogens is 564 g/mol. The van der Waals surface area contributed by atoms with Crippen LogP contribution in [0.25, 0.3) is 6.08 Å². The fraction of sp³-hybridized carbons (Fsp3) is 0.161. The van der Waals surface area contributed by atoms with Gasteiger partial charge in [-0.25, -0.2) is 14.6 Å². The standard InChI is InChI=1S/C31H25ClN2O6S/c1-4-39-30(37)26-18(2)33-31-34(27(26)20-9-15-23(38-3)16-10-20)28(35)25(41-31)17-19-5-13-24(14-6-19)40-29(36)21-7-11-22(32)12-8-21/h5-17,27H,4H2,1-3H3/b25-17+/t27-/m0/s1. The molecule has 41 heavy (non-hydrogen) atoms. The van der Waals surface area contributed by atoms with Crippen LogP contribution < -0.4 is 24.4 Å². The second-order valence-electron chi connectivity index (χ2n) is 9.04. The lowest BCUT2D eigenvalue weighted by Gasteiger charge is -2.24. The van der Waals surface area contributed by atoms with Crippen molar-refractivity contribution in [2.75, 3.05) is 13.7 Å². The van der Waals surface area contributed by atoms with Gasteiger partial charge in [0, 0.05) is 5.02 Å². The Hall–Kier alpha value is -4.47. The molecule has 0 amide bonds. The van der Waals surface area contributed by atoms with Crippen LogP contribution in [0.15, 0.2) is 93.9 Å². The first-order valence-corrected chi connectivity index (χ1v) is 13.9. The van der Waals surface area contributed by atoms with Crippen molar-refractivity contribution in [2.45, 2.75) is 19.9 Å². The third-order valence-electron chi connectivity index (χ3n) is 6.42. The van der Waals surface area contributed by atoms with Gasteiger partial charge < -0.3 is 14.2 Å². The first-order valence-electron chi connectivity index (χ1n) is 12.7. The summed E-state index contributed by atoms with van der Waals surface area (Å²) in [5.41, 5.74) is 2.34. The molecule has 0 N–H and O–H groups in total. The van der Waals surface area contributed by atoms with Crippen LogP contribution in [0.4, 0.5) is 0 Å². The molecule has 1 aromatic heterocycles. The fourth-order valence-electron chi connectivity index (χ4n) is 4.43. The van der Waals surface area contributed by atoms with Crippen molar-refractivity contribution in [3.8, 4) is 11.5 Å². The number of thiazole rings is 1. The van der Waals surface area contributed by atoms with E-state index in [1.165, 1.54) is 15.9 Å². The number of benzene rings is 3. The molecule has 0 unspecified atom stereocenters. The van der Waals surface area contributed by atoms with Crippen LogP contribution in [0.3, 0.4) is 0 Å². The zero-order valence-electron chi connectivity index (χ0n) is 22.4. The Morgan fingerprint density at radius 3 is 2.27 bits per heavy atom. The van der Waals surface area contributed by atoms with Gasteiger partial charge in [0.25, 0.3) is 5.56 Å². The summed E-state index contributed by atoms with van der Waals surface area (Å²) in [6, 6.07) is 19.7. The molecule has 4 aromatic rings. The summed E-state index contributed by atoms with van der Waals surface area (Å²) in [7, 11) is 1.57. The Labute approximate surface area is 244 Å². The van der Waals surface area contributed by atoms with Gasteiger partial charge in [-0.15, -0.1) is 0 Å². The Morgan fingerprint density at radius 2 is 1.63 bits per heavy atom. The second kappa shape index (κ2) is 12.0. The third kappa shape index (κ3) is 5.86. The van der Waals surface area contributed by atoms with E-state index >= 15 is 0 Å². The van der Waals surface area contributed by atoms with E-state index in [1.54, 1.807) is 87.7 Å². The van der Waals surface area contributed by atoms with Crippen LogP contribution in [0.1, 0.15) is 41.4 Å². The number of rotatable bonds is 7. The molecule has 0 spiro atoms. The van der Waals surface area contributed by atoms with Gasteiger partial charge in [0.2, 0.25) is 0 Å². The van der Waals surface area contributed by atoms with Gasteiger partial charge in [0.1, 0.15) is 11.5 Å². The van der Waals surface area contributed by atoms with Gasteiger partial charge in [-0.1, -0.05) is 47.2 Å². The first-order chi connectivity index (χ1) is 19.8. The largest absolute Gasteiger partial charge is 0.497 e. The number of fused-ring (bicyclic) bond motifs is 1. The highest BCUT2D eigenvalue weighted by Gasteiger charge is 2.33. The minimum absolute atomic E-state index is 0.195. The van der Waals surface area contributed by atoms with Gasteiger partial charge in [-0.3, -0.25) is 9.36 Å². The van der Waals surface area contributed by atoms with Crippen molar-refractivity contribution in [2.24, 2.45) is 4.99 Å². The van der Waals surface area contributed by atoms with Crippen molar-refractivity contribution in [3.63, 3.8) is 0 Å². The van der Waals surface area contributed by atoms with E-state index in [0.717, 1.165) is 11.1 Å². The molecule has 0 saturated carbocycles. The number of nitrogens with zero attached hydrogens (tertiary/aromatic N) is 2. The van der Waals surface area contributed by atoms with E-state index in [2.05, 4.69) is 4.99 Å². The fourth-order valence-corrected chi connectivity index (χ4v) is 5.60. The quantitative estimate of drug-likeness (QED) is 0.230. The summed E-state index contributed by atoms with van der Waals surface area (Å²) in [5, 5.41) is 0.527.